The molecule has 5 rings (SSSR count). The second-order valence-corrected chi connectivity index (χ2v) is 8.73. The molecule has 0 saturated carbocycles. The van der Waals surface area contributed by atoms with Crippen molar-refractivity contribution in [3.8, 4) is 11.3 Å². The van der Waals surface area contributed by atoms with E-state index in [0.29, 0.717) is 5.92 Å². The van der Waals surface area contributed by atoms with Gasteiger partial charge in [0.25, 0.3) is 0 Å². The Morgan fingerprint density at radius 2 is 2.00 bits per heavy atom. The van der Waals surface area contributed by atoms with Crippen LogP contribution < -0.4 is 21.1 Å². The Morgan fingerprint density at radius 1 is 1.13 bits per heavy atom. The number of aromatic nitrogens is 3. The van der Waals surface area contributed by atoms with Gasteiger partial charge in [0.2, 0.25) is 0 Å². The molecular weight excluding hydrogens is 386 g/mol. The van der Waals surface area contributed by atoms with Gasteiger partial charge < -0.3 is 10.6 Å². The maximum Gasteiger partial charge on any atom is 0.149 e. The number of anilines is 3. The van der Waals surface area contributed by atoms with Crippen LogP contribution in [0.15, 0.2) is 48.9 Å². The highest BCUT2D eigenvalue weighted by Gasteiger charge is 2.24. The Kier molecular flexibility index (Phi) is 5.29. The zero-order chi connectivity index (χ0) is 21.4. The van der Waals surface area contributed by atoms with Gasteiger partial charge in [0.15, 0.2) is 0 Å². The third kappa shape index (κ3) is 3.98. The van der Waals surface area contributed by atoms with Gasteiger partial charge in [-0.05, 0) is 48.6 Å². The molecule has 3 aromatic rings. The summed E-state index contributed by atoms with van der Waals surface area (Å²) in [6.45, 7) is 6.94. The molecule has 5 heterocycles. The van der Waals surface area contributed by atoms with Crippen LogP contribution in [-0.4, -0.2) is 34.1 Å². The molecule has 0 aliphatic carbocycles. The van der Waals surface area contributed by atoms with Crippen LogP contribution >= 0.6 is 0 Å². The Morgan fingerprint density at radius 3 is 2.84 bits per heavy atom. The topological polar surface area (TPSA) is 83.2 Å². The van der Waals surface area contributed by atoms with Crippen LogP contribution in [-0.2, 0) is 6.54 Å². The fourth-order valence-electron chi connectivity index (χ4n) is 4.27. The molecule has 1 fully saturated rings. The van der Waals surface area contributed by atoms with Crippen molar-refractivity contribution >= 4 is 17.3 Å². The number of nitrogens with one attached hydrogen (secondary N) is 1. The molecule has 0 spiro atoms. The van der Waals surface area contributed by atoms with Gasteiger partial charge in [-0.15, -0.1) is 0 Å². The third-order valence-corrected chi connectivity index (χ3v) is 6.08. The predicted molar refractivity (Wildman–Crippen MR) is 124 cm³/mol. The number of rotatable bonds is 4. The second-order valence-electron chi connectivity index (χ2n) is 8.73. The average Bonchev–Trinajstić information content (AvgIpc) is 3.22. The van der Waals surface area contributed by atoms with Crippen LogP contribution in [0.2, 0.25) is 0 Å². The van der Waals surface area contributed by atoms with Gasteiger partial charge in [0, 0.05) is 55.4 Å². The van der Waals surface area contributed by atoms with E-state index in [1.54, 1.807) is 0 Å². The van der Waals surface area contributed by atoms with E-state index >= 15 is 0 Å². The summed E-state index contributed by atoms with van der Waals surface area (Å²) < 4.78 is 0. The van der Waals surface area contributed by atoms with Crippen molar-refractivity contribution < 1.29 is 0 Å². The standard InChI is InChI=1S/C24H29N7/c1-16(2)17-9-18(12-26-11-17)21-10-22-19(13-27-21)14-28-31(22)24-7-3-6-23(29-24)30-8-4-5-20(25)15-30/h3,6-7,9-13,16,20,28H,4-5,8,14-15,25H2,1-2H3/t20-/m1/s1. The maximum atomic E-state index is 6.18. The summed E-state index contributed by atoms with van der Waals surface area (Å²) in [7, 11) is 0. The van der Waals surface area contributed by atoms with E-state index in [0.717, 1.165) is 66.6 Å². The highest BCUT2D eigenvalue weighted by molar-refractivity contribution is 5.72. The number of hydrogen-bond acceptors (Lipinski definition) is 7. The minimum absolute atomic E-state index is 0.216. The summed E-state index contributed by atoms with van der Waals surface area (Å²) >= 11 is 0. The van der Waals surface area contributed by atoms with E-state index in [2.05, 4.69) is 58.4 Å². The lowest BCUT2D eigenvalue weighted by Gasteiger charge is -2.32. The average molecular weight is 416 g/mol. The van der Waals surface area contributed by atoms with Crippen LogP contribution in [0.25, 0.3) is 11.3 Å². The minimum Gasteiger partial charge on any atom is -0.355 e. The molecular formula is C24H29N7. The highest BCUT2D eigenvalue weighted by Crippen LogP contribution is 2.34. The lowest BCUT2D eigenvalue weighted by molar-refractivity contribution is 0.503. The minimum atomic E-state index is 0.216. The van der Waals surface area contributed by atoms with Crippen LogP contribution in [0.1, 0.15) is 43.7 Å². The second kappa shape index (κ2) is 8.24. The van der Waals surface area contributed by atoms with E-state index in [1.165, 1.54) is 5.56 Å². The monoisotopic (exact) mass is 415 g/mol. The SMILES string of the molecule is CC(C)c1cncc(-c2cc3c(cn2)CNN3c2cccc(N3CCC[C@@H](N)C3)n2)c1. The van der Waals surface area contributed by atoms with Crippen molar-refractivity contribution in [2.75, 3.05) is 23.0 Å². The Hall–Kier alpha value is -3.03. The largest absolute Gasteiger partial charge is 0.355 e. The number of pyridine rings is 3. The molecule has 1 saturated heterocycles. The van der Waals surface area contributed by atoms with Crippen molar-refractivity contribution in [2.45, 2.75) is 45.2 Å². The first-order chi connectivity index (χ1) is 15.1. The molecule has 0 aromatic carbocycles. The van der Waals surface area contributed by atoms with Gasteiger partial charge in [-0.3, -0.25) is 15.0 Å². The zero-order valence-corrected chi connectivity index (χ0v) is 18.1. The molecule has 0 unspecified atom stereocenters. The quantitative estimate of drug-likeness (QED) is 0.671. The van der Waals surface area contributed by atoms with Gasteiger partial charge in [0.1, 0.15) is 11.6 Å². The summed E-state index contributed by atoms with van der Waals surface area (Å²) in [6, 6.07) is 10.7. The lowest BCUT2D eigenvalue weighted by atomic mass is 10.0. The van der Waals surface area contributed by atoms with Crippen molar-refractivity contribution in [3.63, 3.8) is 0 Å². The zero-order valence-electron chi connectivity index (χ0n) is 18.1. The van der Waals surface area contributed by atoms with Crippen LogP contribution in [0.4, 0.5) is 17.3 Å². The smallest absolute Gasteiger partial charge is 0.149 e. The first kappa shape index (κ1) is 19.9. The van der Waals surface area contributed by atoms with E-state index in [1.807, 2.05) is 24.7 Å². The van der Waals surface area contributed by atoms with Gasteiger partial charge >= 0.3 is 0 Å². The summed E-state index contributed by atoms with van der Waals surface area (Å²) in [4.78, 5) is 16.4. The summed E-state index contributed by atoms with van der Waals surface area (Å²) in [6.07, 6.45) is 7.95. The molecule has 2 aliphatic heterocycles. The van der Waals surface area contributed by atoms with E-state index < -0.39 is 0 Å². The number of hydrazine groups is 1. The molecule has 3 N–H and O–H groups in total. The van der Waals surface area contributed by atoms with Gasteiger partial charge in [-0.25, -0.2) is 10.4 Å². The molecule has 31 heavy (non-hydrogen) atoms. The molecule has 7 heteroatoms. The molecule has 3 aromatic heterocycles. The highest BCUT2D eigenvalue weighted by atomic mass is 15.5. The van der Waals surface area contributed by atoms with E-state index in [4.69, 9.17) is 15.7 Å². The Balaban J connectivity index is 1.46. The van der Waals surface area contributed by atoms with Crippen LogP contribution in [0.5, 0.6) is 0 Å². The van der Waals surface area contributed by atoms with Crippen LogP contribution in [0, 0.1) is 0 Å². The number of nitrogens with two attached hydrogens (primary N) is 1. The maximum absolute atomic E-state index is 6.18. The first-order valence-corrected chi connectivity index (χ1v) is 11.0. The molecule has 1 atom stereocenters. The fraction of sp³-hybridized carbons (Fsp3) is 0.375. The van der Waals surface area contributed by atoms with Crippen molar-refractivity contribution in [2.24, 2.45) is 5.73 Å². The number of fused-ring (bicyclic) bond motifs is 1. The summed E-state index contributed by atoms with van der Waals surface area (Å²) in [5.74, 6) is 2.28. The van der Waals surface area contributed by atoms with E-state index in [9.17, 15) is 0 Å². The Bertz CT molecular complexity index is 1080. The third-order valence-electron chi connectivity index (χ3n) is 6.08. The Labute approximate surface area is 183 Å². The fourth-order valence-corrected chi connectivity index (χ4v) is 4.27. The molecule has 0 bridgehead atoms. The number of nitrogens with zero attached hydrogens (tertiary/aromatic N) is 5. The predicted octanol–water partition coefficient (Wildman–Crippen LogP) is 3.75. The number of piperidine rings is 1. The van der Waals surface area contributed by atoms with Crippen molar-refractivity contribution in [1.29, 1.82) is 0 Å². The number of hydrogen-bond donors (Lipinski definition) is 2. The molecule has 160 valence electrons. The molecule has 2 aliphatic rings. The van der Waals surface area contributed by atoms with Crippen molar-refractivity contribution in [1.82, 2.24) is 20.4 Å². The normalized spacial score (nSPS) is 18.5. The molecule has 0 radical (unpaired) electrons. The van der Waals surface area contributed by atoms with Crippen LogP contribution in [0.3, 0.4) is 0 Å². The van der Waals surface area contributed by atoms with Gasteiger partial charge in [-0.1, -0.05) is 19.9 Å². The van der Waals surface area contributed by atoms with Crippen molar-refractivity contribution in [3.05, 3.63) is 60.0 Å². The lowest BCUT2D eigenvalue weighted by Crippen LogP contribution is -2.43. The summed E-state index contributed by atoms with van der Waals surface area (Å²) in [5, 5.41) is 2.06. The van der Waals surface area contributed by atoms with E-state index in [-0.39, 0.29) is 6.04 Å². The van der Waals surface area contributed by atoms with Gasteiger partial charge in [0.05, 0.1) is 11.4 Å². The summed E-state index contributed by atoms with van der Waals surface area (Å²) in [5.41, 5.74) is 15.0. The molecule has 7 nitrogen and oxygen atoms in total. The molecule has 0 amide bonds. The van der Waals surface area contributed by atoms with Gasteiger partial charge in [-0.2, -0.15) is 0 Å². The first-order valence-electron chi connectivity index (χ1n) is 11.0.